The van der Waals surface area contributed by atoms with E-state index in [4.69, 9.17) is 0 Å². The van der Waals surface area contributed by atoms with Crippen LogP contribution in [0.15, 0.2) is 0 Å². The molecule has 0 saturated carbocycles. The molecule has 0 saturated heterocycles. The fourth-order valence-electron chi connectivity index (χ4n) is 0. The zero-order valence-electron chi connectivity index (χ0n) is 10.7. The van der Waals surface area contributed by atoms with Gasteiger partial charge in [0.2, 0.25) is 0 Å². The Balaban J connectivity index is -0.0000000655. The Hall–Kier alpha value is 1.11. The number of rotatable bonds is 3. The van der Waals surface area contributed by atoms with Gasteiger partial charge in [-0.3, -0.25) is 0 Å². The first-order valence-electron chi connectivity index (χ1n) is 4.37. The van der Waals surface area contributed by atoms with Gasteiger partial charge in [0.25, 0.3) is 0 Å². The maximum Gasteiger partial charge on any atom is 3.00 e. The third-order valence-electron chi connectivity index (χ3n) is 0.996. The van der Waals surface area contributed by atoms with E-state index in [0.717, 1.165) is 0 Å². The normalized spacial score (nSPS) is 14.1. The molecule has 0 heterocycles. The zero-order valence-corrected chi connectivity index (χ0v) is 13.9. The average molecular weight is 370 g/mol. The van der Waals surface area contributed by atoms with E-state index in [1.807, 2.05) is 0 Å². The maximum atomic E-state index is 9.67. The standard InChI is InChI=1S/3C3H7O2.Nd/c3*1-3(4)5-2;/h3*3H,1-2H3;/q3*-1;+3. The summed E-state index contributed by atoms with van der Waals surface area (Å²) in [4.78, 5) is 0. The van der Waals surface area contributed by atoms with E-state index < -0.39 is 18.9 Å². The van der Waals surface area contributed by atoms with E-state index >= 15 is 0 Å². The van der Waals surface area contributed by atoms with Crippen LogP contribution < -0.4 is 15.3 Å². The SMILES string of the molecule is COC(C)[O-].COC(C)[O-].COC(C)[O-].[Nd+3]. The molecule has 3 atom stereocenters. The molecule has 97 valence electrons. The second-order valence-corrected chi connectivity index (χ2v) is 2.41. The van der Waals surface area contributed by atoms with Gasteiger partial charge in [0.05, 0.1) is 0 Å². The molecular weight excluding hydrogens is 348 g/mol. The Bertz CT molecular complexity index is 81.0. The first kappa shape index (κ1) is 25.8. The smallest absolute Gasteiger partial charge is 0.831 e. The summed E-state index contributed by atoms with van der Waals surface area (Å²) in [6.07, 6.45) is -2.60. The van der Waals surface area contributed by atoms with Crippen LogP contribution in [0, 0.1) is 40.8 Å². The van der Waals surface area contributed by atoms with Gasteiger partial charge in [0.15, 0.2) is 0 Å². The van der Waals surface area contributed by atoms with Crippen LogP contribution in [0.4, 0.5) is 0 Å². The molecule has 0 aliphatic heterocycles. The molecule has 0 aromatic carbocycles. The summed E-state index contributed by atoms with van der Waals surface area (Å²) in [5.41, 5.74) is 0. The molecule has 0 aliphatic rings. The molecule has 0 bridgehead atoms. The molecule has 6 nitrogen and oxygen atoms in total. The minimum Gasteiger partial charge on any atom is -0.831 e. The number of methoxy groups -OCH3 is 3. The fraction of sp³-hybridized carbons (Fsp3) is 1.00. The molecule has 7 heteroatoms. The van der Waals surface area contributed by atoms with Crippen LogP contribution in [0.2, 0.25) is 0 Å². The summed E-state index contributed by atoms with van der Waals surface area (Å²) < 4.78 is 12.6. The molecule has 3 unspecified atom stereocenters. The van der Waals surface area contributed by atoms with Crippen molar-refractivity contribution in [1.29, 1.82) is 0 Å². The van der Waals surface area contributed by atoms with Gasteiger partial charge in [-0.25, -0.2) is 0 Å². The summed E-state index contributed by atoms with van der Waals surface area (Å²) in [6, 6.07) is 0. The van der Waals surface area contributed by atoms with Gasteiger partial charge in [-0.2, -0.15) is 0 Å². The van der Waals surface area contributed by atoms with E-state index in [1.54, 1.807) is 0 Å². The van der Waals surface area contributed by atoms with Crippen molar-refractivity contribution in [3.8, 4) is 0 Å². The summed E-state index contributed by atoms with van der Waals surface area (Å²) >= 11 is 0. The molecule has 0 N–H and O–H groups in total. The molecule has 0 amide bonds. The van der Waals surface area contributed by atoms with Gasteiger partial charge < -0.3 is 29.5 Å². The monoisotopic (exact) mass is 367 g/mol. The summed E-state index contributed by atoms with van der Waals surface area (Å²) in [7, 11) is 4.16. The van der Waals surface area contributed by atoms with Crippen molar-refractivity contribution < 1.29 is 70.4 Å². The predicted molar refractivity (Wildman–Crippen MR) is 49.4 cm³/mol. The third kappa shape index (κ3) is 59.5. The minimum atomic E-state index is -0.866. The quantitative estimate of drug-likeness (QED) is 0.535. The van der Waals surface area contributed by atoms with E-state index in [-0.39, 0.29) is 40.8 Å². The summed E-state index contributed by atoms with van der Waals surface area (Å²) in [5, 5.41) is 29.0. The number of hydrogen-bond donors (Lipinski definition) is 0. The van der Waals surface area contributed by atoms with Crippen molar-refractivity contribution in [2.24, 2.45) is 0 Å². The van der Waals surface area contributed by atoms with E-state index in [0.29, 0.717) is 0 Å². The van der Waals surface area contributed by atoms with Crippen LogP contribution in [0.25, 0.3) is 0 Å². The first-order chi connectivity index (χ1) is 6.81. The zero-order chi connectivity index (χ0) is 12.9. The fourth-order valence-corrected chi connectivity index (χ4v) is 0. The largest absolute Gasteiger partial charge is 3.00 e. The molecule has 1 radical (unpaired) electrons. The van der Waals surface area contributed by atoms with Gasteiger partial charge in [-0.15, -0.1) is 0 Å². The van der Waals surface area contributed by atoms with Gasteiger partial charge in [-0.05, 0) is 18.9 Å². The average Bonchev–Trinajstić information content (AvgIpc) is 2.19. The Morgan fingerprint density at radius 1 is 0.625 bits per heavy atom. The number of ether oxygens (including phenoxy) is 3. The second-order valence-electron chi connectivity index (χ2n) is 2.41. The van der Waals surface area contributed by atoms with Crippen molar-refractivity contribution >= 4 is 0 Å². The maximum absolute atomic E-state index is 9.67. The second kappa shape index (κ2) is 21.4. The summed E-state index contributed by atoms with van der Waals surface area (Å²) in [6.45, 7) is 4.33. The molecule has 0 aliphatic carbocycles. The van der Waals surface area contributed by atoms with Crippen LogP contribution in [0.1, 0.15) is 20.8 Å². The predicted octanol–water partition coefficient (Wildman–Crippen LogP) is -1.98. The van der Waals surface area contributed by atoms with Crippen LogP contribution in [-0.2, 0) is 14.2 Å². The molecule has 0 aromatic heterocycles. The van der Waals surface area contributed by atoms with Crippen molar-refractivity contribution in [1.82, 2.24) is 0 Å². The van der Waals surface area contributed by atoms with E-state index in [1.165, 1.54) is 42.1 Å². The van der Waals surface area contributed by atoms with Crippen molar-refractivity contribution in [3.05, 3.63) is 0 Å². The van der Waals surface area contributed by atoms with Crippen molar-refractivity contribution in [2.75, 3.05) is 21.3 Å². The van der Waals surface area contributed by atoms with Crippen molar-refractivity contribution in [2.45, 2.75) is 39.6 Å². The van der Waals surface area contributed by atoms with E-state index in [9.17, 15) is 15.3 Å². The van der Waals surface area contributed by atoms with Gasteiger partial charge >= 0.3 is 40.8 Å². The number of hydrogen-bond acceptors (Lipinski definition) is 6. The molecule has 0 aromatic rings. The van der Waals surface area contributed by atoms with Crippen LogP contribution in [0.3, 0.4) is 0 Å². The molecule has 0 fully saturated rings. The molecule has 16 heavy (non-hydrogen) atoms. The van der Waals surface area contributed by atoms with Crippen LogP contribution >= 0.6 is 0 Å². The molecule has 0 spiro atoms. The molecular formula is C9H21NdO6. The summed E-state index contributed by atoms with van der Waals surface area (Å²) in [5.74, 6) is 0. The van der Waals surface area contributed by atoms with Crippen LogP contribution in [-0.4, -0.2) is 40.2 Å². The first-order valence-corrected chi connectivity index (χ1v) is 4.37. The Morgan fingerprint density at radius 2 is 0.688 bits per heavy atom. The molecule has 0 rings (SSSR count). The van der Waals surface area contributed by atoms with Gasteiger partial charge in [-0.1, -0.05) is 20.8 Å². The Kier molecular flexibility index (Phi) is 34.6. The van der Waals surface area contributed by atoms with E-state index in [2.05, 4.69) is 14.2 Å². The third-order valence-corrected chi connectivity index (χ3v) is 0.996. The van der Waals surface area contributed by atoms with Gasteiger partial charge in [0.1, 0.15) is 0 Å². The van der Waals surface area contributed by atoms with Crippen LogP contribution in [0.5, 0.6) is 0 Å². The Morgan fingerprint density at radius 3 is 0.688 bits per heavy atom. The van der Waals surface area contributed by atoms with Crippen molar-refractivity contribution in [3.63, 3.8) is 0 Å². The minimum absolute atomic E-state index is 0. The van der Waals surface area contributed by atoms with Gasteiger partial charge in [0, 0.05) is 21.3 Å². The Labute approximate surface area is 130 Å². The topological polar surface area (TPSA) is 96.9 Å².